The summed E-state index contributed by atoms with van der Waals surface area (Å²) in [5.74, 6) is 2.80. The topological polar surface area (TPSA) is 66.5 Å². The van der Waals surface area contributed by atoms with E-state index in [0.29, 0.717) is 30.5 Å². The van der Waals surface area contributed by atoms with Gasteiger partial charge in [-0.05, 0) is 74.0 Å². The minimum Gasteiger partial charge on any atom is -0.349 e. The van der Waals surface area contributed by atoms with E-state index in [-0.39, 0.29) is 16.8 Å². The zero-order valence-corrected chi connectivity index (χ0v) is 17.0. The van der Waals surface area contributed by atoms with E-state index < -0.39 is 10.0 Å². The number of sulfonamides is 1. The third kappa shape index (κ3) is 3.42. The van der Waals surface area contributed by atoms with Crippen LogP contribution in [-0.4, -0.2) is 37.8 Å². The first-order chi connectivity index (χ1) is 12.9. The van der Waals surface area contributed by atoms with E-state index in [0.717, 1.165) is 11.8 Å². The summed E-state index contributed by atoms with van der Waals surface area (Å²) in [6.45, 7) is 4.49. The van der Waals surface area contributed by atoms with Crippen LogP contribution < -0.4 is 5.32 Å². The largest absolute Gasteiger partial charge is 0.349 e. The Morgan fingerprint density at radius 2 is 1.63 bits per heavy atom. The van der Waals surface area contributed by atoms with Gasteiger partial charge in [-0.2, -0.15) is 4.31 Å². The second-order valence-electron chi connectivity index (χ2n) is 8.55. The van der Waals surface area contributed by atoms with Gasteiger partial charge in [0.2, 0.25) is 10.0 Å². The molecule has 0 heterocycles. The molecule has 0 unspecified atom stereocenters. The average Bonchev–Trinajstić information content (AvgIpc) is 2.65. The van der Waals surface area contributed by atoms with Crippen LogP contribution in [0.5, 0.6) is 0 Å². The van der Waals surface area contributed by atoms with Gasteiger partial charge < -0.3 is 5.32 Å². The van der Waals surface area contributed by atoms with Gasteiger partial charge in [-0.3, -0.25) is 4.79 Å². The number of rotatable bonds is 6. The third-order valence-corrected chi connectivity index (χ3v) is 9.01. The van der Waals surface area contributed by atoms with Crippen molar-refractivity contribution >= 4 is 15.9 Å². The molecule has 4 saturated carbocycles. The fourth-order valence-corrected chi connectivity index (χ4v) is 7.41. The zero-order valence-electron chi connectivity index (χ0n) is 16.2. The molecule has 0 spiro atoms. The van der Waals surface area contributed by atoms with Gasteiger partial charge in [0, 0.05) is 24.7 Å². The van der Waals surface area contributed by atoms with E-state index in [4.69, 9.17) is 0 Å². The molecule has 148 valence electrons. The summed E-state index contributed by atoms with van der Waals surface area (Å²) in [5.41, 5.74) is 0.442. The van der Waals surface area contributed by atoms with E-state index in [1.807, 2.05) is 13.8 Å². The SMILES string of the molecule is CCN(CC)S(=O)(=O)c1cccc(C(=O)NC2C3CC4CC(C3)CC2C4)c1. The maximum absolute atomic E-state index is 12.9. The maximum atomic E-state index is 12.9. The van der Waals surface area contributed by atoms with E-state index in [2.05, 4.69) is 5.32 Å². The molecule has 4 aliphatic rings. The molecular formula is C21H30N2O3S. The van der Waals surface area contributed by atoms with Gasteiger partial charge in [0.1, 0.15) is 0 Å². The highest BCUT2D eigenvalue weighted by molar-refractivity contribution is 7.89. The van der Waals surface area contributed by atoms with Gasteiger partial charge in [-0.25, -0.2) is 8.42 Å². The summed E-state index contributed by atoms with van der Waals surface area (Å²) in [7, 11) is -3.55. The third-order valence-electron chi connectivity index (χ3n) is 6.96. The molecule has 27 heavy (non-hydrogen) atoms. The van der Waals surface area contributed by atoms with Gasteiger partial charge in [-0.1, -0.05) is 19.9 Å². The summed E-state index contributed by atoms with van der Waals surface area (Å²) in [6.07, 6.45) is 6.37. The minimum absolute atomic E-state index is 0.135. The van der Waals surface area contributed by atoms with Crippen LogP contribution in [0.4, 0.5) is 0 Å². The van der Waals surface area contributed by atoms with Crippen LogP contribution in [0.3, 0.4) is 0 Å². The highest BCUT2D eigenvalue weighted by atomic mass is 32.2. The number of nitrogens with one attached hydrogen (secondary N) is 1. The molecule has 4 bridgehead atoms. The van der Waals surface area contributed by atoms with Crippen molar-refractivity contribution in [3.05, 3.63) is 29.8 Å². The first kappa shape index (κ1) is 18.9. The van der Waals surface area contributed by atoms with Gasteiger partial charge >= 0.3 is 0 Å². The van der Waals surface area contributed by atoms with Crippen LogP contribution in [0.2, 0.25) is 0 Å². The first-order valence-electron chi connectivity index (χ1n) is 10.3. The molecule has 4 aliphatic carbocycles. The number of nitrogens with zero attached hydrogens (tertiary/aromatic N) is 1. The highest BCUT2D eigenvalue weighted by Crippen LogP contribution is 2.53. The van der Waals surface area contributed by atoms with Crippen LogP contribution in [0, 0.1) is 23.7 Å². The van der Waals surface area contributed by atoms with Crippen LogP contribution in [-0.2, 0) is 10.0 Å². The lowest BCUT2D eigenvalue weighted by atomic mass is 9.54. The molecule has 6 heteroatoms. The Balaban J connectivity index is 1.52. The quantitative estimate of drug-likeness (QED) is 0.811. The Labute approximate surface area is 162 Å². The first-order valence-corrected chi connectivity index (χ1v) is 11.8. The summed E-state index contributed by atoms with van der Waals surface area (Å²) < 4.78 is 26.9. The van der Waals surface area contributed by atoms with Crippen molar-refractivity contribution < 1.29 is 13.2 Å². The maximum Gasteiger partial charge on any atom is 0.251 e. The van der Waals surface area contributed by atoms with Crippen molar-refractivity contribution in [2.75, 3.05) is 13.1 Å². The van der Waals surface area contributed by atoms with Crippen LogP contribution in [0.25, 0.3) is 0 Å². The fraction of sp³-hybridized carbons (Fsp3) is 0.667. The molecule has 0 aliphatic heterocycles. The monoisotopic (exact) mass is 390 g/mol. The fourth-order valence-electron chi connectivity index (χ4n) is 5.91. The van der Waals surface area contributed by atoms with E-state index in [1.165, 1.54) is 42.5 Å². The molecule has 5 rings (SSSR count). The van der Waals surface area contributed by atoms with E-state index >= 15 is 0 Å². The normalized spacial score (nSPS) is 32.0. The second kappa shape index (κ2) is 7.21. The lowest BCUT2D eigenvalue weighted by molar-refractivity contribution is -0.0119. The standard InChI is InChI=1S/C21H30N2O3S/c1-3-23(4-2)27(25,26)19-7-5-6-16(13-19)21(24)22-20-17-9-14-8-15(11-17)12-18(20)10-14/h5-7,13-15,17-18,20H,3-4,8-12H2,1-2H3,(H,22,24). The zero-order chi connectivity index (χ0) is 19.2. The Morgan fingerprint density at radius 1 is 1.04 bits per heavy atom. The van der Waals surface area contributed by atoms with Gasteiger partial charge in [0.05, 0.1) is 4.90 Å². The van der Waals surface area contributed by atoms with Gasteiger partial charge in [0.15, 0.2) is 0 Å². The molecule has 0 aromatic heterocycles. The van der Waals surface area contributed by atoms with Crippen LogP contribution >= 0.6 is 0 Å². The van der Waals surface area contributed by atoms with Gasteiger partial charge in [-0.15, -0.1) is 0 Å². The number of hydrogen-bond donors (Lipinski definition) is 1. The summed E-state index contributed by atoms with van der Waals surface area (Å²) in [6, 6.07) is 6.75. The molecule has 0 atom stereocenters. The number of carbonyl (C=O) groups is 1. The molecular weight excluding hydrogens is 360 g/mol. The summed E-state index contributed by atoms with van der Waals surface area (Å²) in [5, 5.41) is 3.27. The van der Waals surface area contributed by atoms with E-state index in [1.54, 1.807) is 18.2 Å². The Kier molecular flexibility index (Phi) is 5.06. The van der Waals surface area contributed by atoms with Crippen molar-refractivity contribution in [1.29, 1.82) is 0 Å². The molecule has 0 radical (unpaired) electrons. The van der Waals surface area contributed by atoms with Crippen molar-refractivity contribution in [2.24, 2.45) is 23.7 Å². The minimum atomic E-state index is -3.55. The average molecular weight is 391 g/mol. The number of benzene rings is 1. The number of amides is 1. The molecule has 1 amide bonds. The van der Waals surface area contributed by atoms with E-state index in [9.17, 15) is 13.2 Å². The van der Waals surface area contributed by atoms with Gasteiger partial charge in [0.25, 0.3) is 5.91 Å². The van der Waals surface area contributed by atoms with Crippen molar-refractivity contribution in [1.82, 2.24) is 9.62 Å². The Morgan fingerprint density at radius 3 is 2.19 bits per heavy atom. The molecule has 0 saturated heterocycles. The predicted molar refractivity (Wildman–Crippen MR) is 105 cm³/mol. The predicted octanol–water partition coefficient (Wildman–Crippen LogP) is 3.27. The molecule has 5 nitrogen and oxygen atoms in total. The lowest BCUT2D eigenvalue weighted by Crippen LogP contribution is -2.55. The Hall–Kier alpha value is -1.40. The molecule has 4 fully saturated rings. The smallest absolute Gasteiger partial charge is 0.251 e. The number of carbonyl (C=O) groups excluding carboxylic acids is 1. The molecule has 1 N–H and O–H groups in total. The van der Waals surface area contributed by atoms with Crippen LogP contribution in [0.15, 0.2) is 29.2 Å². The van der Waals surface area contributed by atoms with Crippen molar-refractivity contribution in [2.45, 2.75) is 56.9 Å². The lowest BCUT2D eigenvalue weighted by Gasteiger charge is -2.54. The summed E-state index contributed by atoms with van der Waals surface area (Å²) >= 11 is 0. The second-order valence-corrected chi connectivity index (χ2v) is 10.5. The Bertz CT molecular complexity index is 788. The molecule has 1 aromatic rings. The van der Waals surface area contributed by atoms with Crippen LogP contribution in [0.1, 0.15) is 56.3 Å². The van der Waals surface area contributed by atoms with Crippen molar-refractivity contribution in [3.8, 4) is 0 Å². The summed E-state index contributed by atoms with van der Waals surface area (Å²) in [4.78, 5) is 13.1. The van der Waals surface area contributed by atoms with Crippen molar-refractivity contribution in [3.63, 3.8) is 0 Å². The highest BCUT2D eigenvalue weighted by Gasteiger charge is 2.48. The molecule has 1 aromatic carbocycles. The number of hydrogen-bond acceptors (Lipinski definition) is 3.